The molecule has 2 aliphatic rings. The molecule has 128 valence electrons. The number of piperazine rings is 1. The molecule has 0 saturated carbocycles. The molecule has 1 aromatic heterocycles. The van der Waals surface area contributed by atoms with E-state index in [-0.39, 0.29) is 36.0 Å². The van der Waals surface area contributed by atoms with Crippen LogP contribution in [0.3, 0.4) is 0 Å². The first-order chi connectivity index (χ1) is 10.9. The average Bonchev–Trinajstić information content (AvgIpc) is 3.04. The Morgan fingerprint density at radius 1 is 1.26 bits per heavy atom. The standard InChI is InChI=1S/C13H22N6O3S/c1-10(2)5-17-3-4-19(12-8-23(21,22)7-11(12)17)13(20)6-18-9-14-15-16-18/h9-12H,3-8H2,1-2H3/t11-,12+/m1/s1. The lowest BCUT2D eigenvalue weighted by molar-refractivity contribution is -0.138. The van der Waals surface area contributed by atoms with E-state index in [1.54, 1.807) is 4.90 Å². The molecule has 0 N–H and O–H groups in total. The van der Waals surface area contributed by atoms with Gasteiger partial charge in [0.2, 0.25) is 5.91 Å². The molecule has 0 spiro atoms. The van der Waals surface area contributed by atoms with Crippen molar-refractivity contribution < 1.29 is 13.2 Å². The first-order valence-corrected chi connectivity index (χ1v) is 9.62. The molecule has 0 aromatic carbocycles. The van der Waals surface area contributed by atoms with E-state index in [4.69, 9.17) is 0 Å². The molecule has 0 bridgehead atoms. The third-order valence-electron chi connectivity index (χ3n) is 4.40. The van der Waals surface area contributed by atoms with Crippen LogP contribution < -0.4 is 0 Å². The summed E-state index contributed by atoms with van der Waals surface area (Å²) < 4.78 is 25.6. The summed E-state index contributed by atoms with van der Waals surface area (Å²) in [4.78, 5) is 16.5. The summed E-state index contributed by atoms with van der Waals surface area (Å²) in [6.45, 7) is 6.38. The quantitative estimate of drug-likeness (QED) is 0.666. The molecule has 1 aromatic rings. The van der Waals surface area contributed by atoms with Crippen LogP contribution in [-0.4, -0.2) is 87.6 Å². The number of aromatic nitrogens is 4. The van der Waals surface area contributed by atoms with Gasteiger partial charge in [-0.2, -0.15) is 0 Å². The molecule has 0 unspecified atom stereocenters. The van der Waals surface area contributed by atoms with Crippen molar-refractivity contribution in [1.82, 2.24) is 30.0 Å². The van der Waals surface area contributed by atoms with Crippen LogP contribution in [0.5, 0.6) is 0 Å². The van der Waals surface area contributed by atoms with Gasteiger partial charge in [-0.1, -0.05) is 13.8 Å². The van der Waals surface area contributed by atoms with Gasteiger partial charge < -0.3 is 4.90 Å². The van der Waals surface area contributed by atoms with E-state index in [0.29, 0.717) is 19.0 Å². The van der Waals surface area contributed by atoms with Crippen molar-refractivity contribution in [2.45, 2.75) is 32.5 Å². The fourth-order valence-electron chi connectivity index (χ4n) is 3.51. The first kappa shape index (κ1) is 16.3. The molecular weight excluding hydrogens is 320 g/mol. The monoisotopic (exact) mass is 342 g/mol. The zero-order chi connectivity index (χ0) is 16.6. The Morgan fingerprint density at radius 2 is 2.00 bits per heavy atom. The van der Waals surface area contributed by atoms with Crippen LogP contribution in [0.15, 0.2) is 6.33 Å². The number of sulfone groups is 1. The topological polar surface area (TPSA) is 101 Å². The lowest BCUT2D eigenvalue weighted by Crippen LogP contribution is -2.61. The molecule has 1 amide bonds. The fraction of sp³-hybridized carbons (Fsp3) is 0.846. The van der Waals surface area contributed by atoms with Crippen LogP contribution >= 0.6 is 0 Å². The molecule has 0 radical (unpaired) electrons. The van der Waals surface area contributed by atoms with Crippen LogP contribution in [0.4, 0.5) is 0 Å². The predicted octanol–water partition coefficient (Wildman–Crippen LogP) is -1.36. The second-order valence-electron chi connectivity index (χ2n) is 6.69. The molecule has 2 aliphatic heterocycles. The highest BCUT2D eigenvalue weighted by Crippen LogP contribution is 2.27. The van der Waals surface area contributed by atoms with Gasteiger partial charge >= 0.3 is 0 Å². The molecule has 9 nitrogen and oxygen atoms in total. The highest BCUT2D eigenvalue weighted by atomic mass is 32.2. The van der Waals surface area contributed by atoms with Gasteiger partial charge in [0.15, 0.2) is 9.84 Å². The zero-order valence-electron chi connectivity index (χ0n) is 13.4. The molecule has 23 heavy (non-hydrogen) atoms. The summed E-state index contributed by atoms with van der Waals surface area (Å²) in [5.41, 5.74) is 0. The summed E-state index contributed by atoms with van der Waals surface area (Å²) in [6, 6.07) is -0.370. The molecule has 2 atom stereocenters. The summed E-state index contributed by atoms with van der Waals surface area (Å²) in [5, 5.41) is 10.7. The van der Waals surface area contributed by atoms with Gasteiger partial charge in [0.05, 0.1) is 17.5 Å². The van der Waals surface area contributed by atoms with Gasteiger partial charge in [-0.25, -0.2) is 13.1 Å². The van der Waals surface area contributed by atoms with Crippen LogP contribution in [0, 0.1) is 5.92 Å². The molecule has 2 fully saturated rings. The zero-order valence-corrected chi connectivity index (χ0v) is 14.2. The number of fused-ring (bicyclic) bond motifs is 1. The van der Waals surface area contributed by atoms with Crippen LogP contribution in [-0.2, 0) is 21.2 Å². The average molecular weight is 342 g/mol. The summed E-state index contributed by atoms with van der Waals surface area (Å²) in [5.74, 6) is 0.517. The van der Waals surface area contributed by atoms with Gasteiger partial charge in [0, 0.05) is 25.7 Å². The van der Waals surface area contributed by atoms with Gasteiger partial charge in [0.1, 0.15) is 12.9 Å². The minimum Gasteiger partial charge on any atom is -0.334 e. The summed E-state index contributed by atoms with van der Waals surface area (Å²) >= 11 is 0. The number of hydrogen-bond donors (Lipinski definition) is 0. The molecule has 3 heterocycles. The van der Waals surface area contributed by atoms with E-state index in [1.807, 2.05) is 0 Å². The highest BCUT2D eigenvalue weighted by molar-refractivity contribution is 7.91. The van der Waals surface area contributed by atoms with Crippen molar-refractivity contribution in [2.75, 3.05) is 31.1 Å². The van der Waals surface area contributed by atoms with E-state index in [1.165, 1.54) is 11.0 Å². The third kappa shape index (κ3) is 3.52. The minimum absolute atomic E-state index is 0.0421. The van der Waals surface area contributed by atoms with E-state index in [9.17, 15) is 13.2 Å². The number of carbonyl (C=O) groups excluding carboxylic acids is 1. The number of rotatable bonds is 4. The van der Waals surface area contributed by atoms with Crippen molar-refractivity contribution in [3.63, 3.8) is 0 Å². The number of hydrogen-bond acceptors (Lipinski definition) is 7. The fourth-order valence-corrected chi connectivity index (χ4v) is 5.52. The van der Waals surface area contributed by atoms with Gasteiger partial charge in [-0.3, -0.25) is 9.69 Å². The Bertz CT molecular complexity index is 659. The van der Waals surface area contributed by atoms with Gasteiger partial charge in [-0.05, 0) is 16.3 Å². The van der Waals surface area contributed by atoms with Gasteiger partial charge in [-0.15, -0.1) is 5.10 Å². The third-order valence-corrected chi connectivity index (χ3v) is 6.10. The highest BCUT2D eigenvalue weighted by Gasteiger charge is 2.47. The Balaban J connectivity index is 1.77. The lowest BCUT2D eigenvalue weighted by Gasteiger charge is -2.44. The van der Waals surface area contributed by atoms with E-state index in [2.05, 4.69) is 34.3 Å². The maximum Gasteiger partial charge on any atom is 0.244 e. The number of carbonyl (C=O) groups is 1. The van der Waals surface area contributed by atoms with Crippen LogP contribution in [0.25, 0.3) is 0 Å². The second kappa shape index (κ2) is 6.16. The van der Waals surface area contributed by atoms with Crippen LogP contribution in [0.2, 0.25) is 0 Å². The molecule has 0 aliphatic carbocycles. The van der Waals surface area contributed by atoms with Crippen molar-refractivity contribution in [2.24, 2.45) is 5.92 Å². The molecule has 3 rings (SSSR count). The maximum atomic E-state index is 12.5. The van der Waals surface area contributed by atoms with E-state index >= 15 is 0 Å². The minimum atomic E-state index is -3.11. The first-order valence-electron chi connectivity index (χ1n) is 7.80. The van der Waals surface area contributed by atoms with Crippen molar-refractivity contribution >= 4 is 15.7 Å². The van der Waals surface area contributed by atoms with Gasteiger partial charge in [0.25, 0.3) is 0 Å². The predicted molar refractivity (Wildman–Crippen MR) is 82.2 cm³/mol. The number of nitrogens with zero attached hydrogens (tertiary/aromatic N) is 6. The summed E-state index contributed by atoms with van der Waals surface area (Å²) in [6.07, 6.45) is 1.38. The Labute approximate surface area is 135 Å². The smallest absolute Gasteiger partial charge is 0.244 e. The summed E-state index contributed by atoms with van der Waals surface area (Å²) in [7, 11) is -3.11. The number of tetrazole rings is 1. The van der Waals surface area contributed by atoms with Crippen molar-refractivity contribution in [3.8, 4) is 0 Å². The van der Waals surface area contributed by atoms with E-state index < -0.39 is 9.84 Å². The molecular formula is C13H22N6O3S. The second-order valence-corrected chi connectivity index (χ2v) is 8.85. The lowest BCUT2D eigenvalue weighted by atomic mass is 10.0. The molecule has 2 saturated heterocycles. The number of amides is 1. The maximum absolute atomic E-state index is 12.5. The Kier molecular flexibility index (Phi) is 4.37. The van der Waals surface area contributed by atoms with Crippen LogP contribution in [0.1, 0.15) is 13.8 Å². The van der Waals surface area contributed by atoms with Crippen molar-refractivity contribution in [1.29, 1.82) is 0 Å². The van der Waals surface area contributed by atoms with E-state index in [0.717, 1.165) is 6.54 Å². The SMILES string of the molecule is CC(C)CN1CCN(C(=O)Cn2cnnn2)[C@H]2CS(=O)(=O)C[C@H]21. The molecule has 10 heteroatoms. The van der Waals surface area contributed by atoms with Crippen molar-refractivity contribution in [3.05, 3.63) is 6.33 Å². The largest absolute Gasteiger partial charge is 0.334 e. The Hall–Kier alpha value is -1.55. The Morgan fingerprint density at radius 3 is 2.65 bits per heavy atom. The normalized spacial score (nSPS) is 27.3.